The highest BCUT2D eigenvalue weighted by Gasteiger charge is 2.33. The van der Waals surface area contributed by atoms with Crippen molar-refractivity contribution in [3.8, 4) is 0 Å². The quantitative estimate of drug-likeness (QED) is 0.853. The number of likely N-dealkylation sites (tertiary alicyclic amines) is 1. The van der Waals surface area contributed by atoms with E-state index >= 15 is 0 Å². The van der Waals surface area contributed by atoms with E-state index in [9.17, 15) is 14.0 Å². The van der Waals surface area contributed by atoms with Gasteiger partial charge in [-0.2, -0.15) is 0 Å². The molecule has 0 spiro atoms. The van der Waals surface area contributed by atoms with Gasteiger partial charge in [-0.05, 0) is 31.8 Å². The van der Waals surface area contributed by atoms with Gasteiger partial charge in [-0.15, -0.1) is 0 Å². The van der Waals surface area contributed by atoms with Crippen molar-refractivity contribution in [2.75, 3.05) is 33.7 Å². The number of likely N-dealkylation sites (N-methyl/N-ethyl adjacent to an activating group) is 1. The summed E-state index contributed by atoms with van der Waals surface area (Å²) in [5, 5.41) is 3.05. The van der Waals surface area contributed by atoms with Crippen LogP contribution in [0.25, 0.3) is 0 Å². The molecule has 2 rings (SSSR count). The molecular formula is C16H21ClFN3O2. The SMILES string of the molecule is CN(C)CCN1C[C@H](C(=O)NCc2ccc(F)cc2Cl)CC1=O. The molecule has 5 nitrogen and oxygen atoms in total. The third kappa shape index (κ3) is 4.91. The van der Waals surface area contributed by atoms with Crippen molar-refractivity contribution in [3.63, 3.8) is 0 Å². The van der Waals surface area contributed by atoms with Gasteiger partial charge in [0.05, 0.1) is 5.92 Å². The van der Waals surface area contributed by atoms with Gasteiger partial charge in [0.15, 0.2) is 0 Å². The van der Waals surface area contributed by atoms with Gasteiger partial charge in [0.1, 0.15) is 5.82 Å². The zero-order valence-electron chi connectivity index (χ0n) is 13.3. The third-order valence-corrected chi connectivity index (χ3v) is 4.22. The summed E-state index contributed by atoms with van der Waals surface area (Å²) in [6, 6.07) is 4.06. The number of rotatable bonds is 6. The van der Waals surface area contributed by atoms with Crippen LogP contribution < -0.4 is 5.32 Å². The monoisotopic (exact) mass is 341 g/mol. The Labute approximate surface area is 140 Å². The van der Waals surface area contributed by atoms with Crippen molar-refractivity contribution < 1.29 is 14.0 Å². The predicted octanol–water partition coefficient (Wildman–Crippen LogP) is 1.51. The molecule has 1 N–H and O–H groups in total. The largest absolute Gasteiger partial charge is 0.352 e. The molecule has 1 aromatic carbocycles. The van der Waals surface area contributed by atoms with E-state index in [1.54, 1.807) is 11.0 Å². The Kier molecular flexibility index (Phi) is 5.96. The lowest BCUT2D eigenvalue weighted by atomic mass is 10.1. The van der Waals surface area contributed by atoms with Gasteiger partial charge in [-0.25, -0.2) is 4.39 Å². The predicted molar refractivity (Wildman–Crippen MR) is 86.5 cm³/mol. The van der Waals surface area contributed by atoms with E-state index in [0.717, 1.165) is 6.54 Å². The topological polar surface area (TPSA) is 52.6 Å². The molecule has 126 valence electrons. The standard InChI is InChI=1S/C16H21ClFN3O2/c1-20(2)5-6-21-10-12(7-15(21)22)16(23)19-9-11-3-4-13(18)8-14(11)17/h3-4,8,12H,5-7,9-10H2,1-2H3,(H,19,23)/t12-/m1/s1. The molecule has 1 aliphatic heterocycles. The maximum atomic E-state index is 13.0. The van der Waals surface area contributed by atoms with Crippen LogP contribution in [-0.4, -0.2) is 55.3 Å². The number of benzene rings is 1. The lowest BCUT2D eigenvalue weighted by Gasteiger charge is -2.19. The van der Waals surface area contributed by atoms with Crippen LogP contribution in [0, 0.1) is 11.7 Å². The van der Waals surface area contributed by atoms with E-state index in [4.69, 9.17) is 11.6 Å². The lowest BCUT2D eigenvalue weighted by Crippen LogP contribution is -2.35. The van der Waals surface area contributed by atoms with E-state index in [2.05, 4.69) is 5.32 Å². The average molecular weight is 342 g/mol. The number of halogens is 2. The molecule has 0 radical (unpaired) electrons. The van der Waals surface area contributed by atoms with E-state index in [-0.39, 0.29) is 35.7 Å². The van der Waals surface area contributed by atoms with Gasteiger partial charge in [0.25, 0.3) is 0 Å². The second-order valence-electron chi connectivity index (χ2n) is 6.00. The fourth-order valence-electron chi connectivity index (χ4n) is 2.48. The van der Waals surface area contributed by atoms with Crippen molar-refractivity contribution in [3.05, 3.63) is 34.6 Å². The second kappa shape index (κ2) is 7.75. The van der Waals surface area contributed by atoms with Gasteiger partial charge in [0, 0.05) is 37.6 Å². The average Bonchev–Trinajstić information content (AvgIpc) is 2.85. The maximum absolute atomic E-state index is 13.0. The molecule has 23 heavy (non-hydrogen) atoms. The van der Waals surface area contributed by atoms with Crippen molar-refractivity contribution >= 4 is 23.4 Å². The summed E-state index contributed by atoms with van der Waals surface area (Å²) in [4.78, 5) is 27.9. The highest BCUT2D eigenvalue weighted by molar-refractivity contribution is 6.31. The Hall–Kier alpha value is -1.66. The van der Waals surface area contributed by atoms with Crippen LogP contribution >= 0.6 is 11.6 Å². The van der Waals surface area contributed by atoms with Gasteiger partial charge in [-0.3, -0.25) is 9.59 Å². The zero-order chi connectivity index (χ0) is 17.0. The Bertz CT molecular complexity index is 595. The summed E-state index contributed by atoms with van der Waals surface area (Å²) >= 11 is 5.93. The van der Waals surface area contributed by atoms with Crippen molar-refractivity contribution in [2.45, 2.75) is 13.0 Å². The van der Waals surface area contributed by atoms with Crippen LogP contribution in [-0.2, 0) is 16.1 Å². The third-order valence-electron chi connectivity index (χ3n) is 3.87. The summed E-state index contributed by atoms with van der Waals surface area (Å²) in [6.45, 7) is 2.06. The van der Waals surface area contributed by atoms with E-state index < -0.39 is 5.82 Å². The molecule has 1 atom stereocenters. The molecule has 1 aliphatic rings. The first-order valence-electron chi connectivity index (χ1n) is 7.51. The molecule has 1 saturated heterocycles. The fraction of sp³-hybridized carbons (Fsp3) is 0.500. The molecule has 0 aromatic heterocycles. The molecule has 0 bridgehead atoms. The zero-order valence-corrected chi connectivity index (χ0v) is 14.1. The number of amides is 2. The number of nitrogens with one attached hydrogen (secondary N) is 1. The van der Waals surface area contributed by atoms with Gasteiger partial charge in [0.2, 0.25) is 11.8 Å². The highest BCUT2D eigenvalue weighted by atomic mass is 35.5. The summed E-state index contributed by atoms with van der Waals surface area (Å²) in [5.74, 6) is -0.926. The summed E-state index contributed by atoms with van der Waals surface area (Å²) in [6.07, 6.45) is 0.233. The molecular weight excluding hydrogens is 321 g/mol. The minimum absolute atomic E-state index is 0.00631. The molecule has 0 unspecified atom stereocenters. The number of nitrogens with zero attached hydrogens (tertiary/aromatic N) is 2. The minimum atomic E-state index is -0.414. The summed E-state index contributed by atoms with van der Waals surface area (Å²) in [7, 11) is 3.88. The maximum Gasteiger partial charge on any atom is 0.225 e. The Morgan fingerprint density at radius 3 is 2.87 bits per heavy atom. The smallest absolute Gasteiger partial charge is 0.225 e. The molecule has 7 heteroatoms. The van der Waals surface area contributed by atoms with Crippen molar-refractivity contribution in [2.24, 2.45) is 5.92 Å². The van der Waals surface area contributed by atoms with E-state index in [1.807, 2.05) is 19.0 Å². The van der Waals surface area contributed by atoms with Crippen LogP contribution in [0.5, 0.6) is 0 Å². The minimum Gasteiger partial charge on any atom is -0.352 e. The molecule has 1 heterocycles. The molecule has 0 saturated carbocycles. The lowest BCUT2D eigenvalue weighted by molar-refractivity contribution is -0.129. The Balaban J connectivity index is 1.85. The van der Waals surface area contributed by atoms with E-state index in [0.29, 0.717) is 18.7 Å². The number of hydrogen-bond donors (Lipinski definition) is 1. The molecule has 1 fully saturated rings. The Morgan fingerprint density at radius 2 is 2.22 bits per heavy atom. The first-order chi connectivity index (χ1) is 10.9. The van der Waals surface area contributed by atoms with Crippen LogP contribution in [0.1, 0.15) is 12.0 Å². The first kappa shape index (κ1) is 17.7. The molecule has 1 aromatic rings. The van der Waals surface area contributed by atoms with Crippen LogP contribution in [0.2, 0.25) is 5.02 Å². The summed E-state index contributed by atoms with van der Waals surface area (Å²) in [5.41, 5.74) is 0.648. The number of hydrogen-bond acceptors (Lipinski definition) is 3. The van der Waals surface area contributed by atoms with Crippen LogP contribution in [0.4, 0.5) is 4.39 Å². The highest BCUT2D eigenvalue weighted by Crippen LogP contribution is 2.19. The first-order valence-corrected chi connectivity index (χ1v) is 7.88. The van der Waals surface area contributed by atoms with Crippen LogP contribution in [0.3, 0.4) is 0 Å². The van der Waals surface area contributed by atoms with Gasteiger partial charge >= 0.3 is 0 Å². The number of carbonyl (C=O) groups is 2. The van der Waals surface area contributed by atoms with Crippen LogP contribution in [0.15, 0.2) is 18.2 Å². The Morgan fingerprint density at radius 1 is 1.48 bits per heavy atom. The second-order valence-corrected chi connectivity index (χ2v) is 6.40. The van der Waals surface area contributed by atoms with Gasteiger partial charge < -0.3 is 15.1 Å². The van der Waals surface area contributed by atoms with Crippen molar-refractivity contribution in [1.82, 2.24) is 15.1 Å². The summed E-state index contributed by atoms with van der Waals surface area (Å²) < 4.78 is 13.0. The molecule has 0 aliphatic carbocycles. The van der Waals surface area contributed by atoms with E-state index in [1.165, 1.54) is 12.1 Å². The van der Waals surface area contributed by atoms with Crippen molar-refractivity contribution in [1.29, 1.82) is 0 Å². The molecule has 2 amide bonds. The number of carbonyl (C=O) groups excluding carboxylic acids is 2. The van der Waals surface area contributed by atoms with Gasteiger partial charge in [-0.1, -0.05) is 17.7 Å². The normalized spacial score (nSPS) is 17.9. The fourth-order valence-corrected chi connectivity index (χ4v) is 2.71.